The molecule has 2 aliphatic heterocycles. The molecule has 0 unspecified atom stereocenters. The zero-order valence-corrected chi connectivity index (χ0v) is 17.5. The molecule has 0 saturated carbocycles. The first-order chi connectivity index (χ1) is 13.3. The minimum atomic E-state index is -3.60. The molecule has 2 saturated heterocycles. The van der Waals surface area contributed by atoms with Crippen molar-refractivity contribution in [3.05, 3.63) is 66.2 Å². The van der Waals surface area contributed by atoms with Gasteiger partial charge in [0.15, 0.2) is 9.84 Å². The van der Waals surface area contributed by atoms with E-state index in [0.29, 0.717) is 11.5 Å². The van der Waals surface area contributed by atoms with Crippen LogP contribution >= 0.6 is 0 Å². The zero-order valence-electron chi connectivity index (χ0n) is 16.7. The SMILES string of the molecule is C[C@H]1[C@@H]2CC[C@](C)(OCc3ccccc3)[C@@H](O2)[C@@]1(C)S(=O)(=O)c1ccccc1. The van der Waals surface area contributed by atoms with E-state index in [2.05, 4.69) is 0 Å². The molecule has 2 aromatic rings. The Labute approximate surface area is 167 Å². The highest BCUT2D eigenvalue weighted by Gasteiger charge is 2.66. The van der Waals surface area contributed by atoms with Gasteiger partial charge in [0.05, 0.1) is 23.2 Å². The molecule has 0 amide bonds. The minimum Gasteiger partial charge on any atom is -0.370 e. The highest BCUT2D eigenvalue weighted by molar-refractivity contribution is 7.93. The van der Waals surface area contributed by atoms with Crippen molar-refractivity contribution >= 4 is 9.84 Å². The van der Waals surface area contributed by atoms with Crippen LogP contribution in [0.15, 0.2) is 65.6 Å². The Bertz CT molecular complexity index is 928. The summed E-state index contributed by atoms with van der Waals surface area (Å²) in [5.74, 6) is -0.107. The molecule has 0 radical (unpaired) electrons. The summed E-state index contributed by atoms with van der Waals surface area (Å²) in [7, 11) is -3.60. The van der Waals surface area contributed by atoms with E-state index in [4.69, 9.17) is 9.47 Å². The maximum absolute atomic E-state index is 13.7. The van der Waals surface area contributed by atoms with Crippen LogP contribution in [-0.4, -0.2) is 31.0 Å². The first kappa shape index (κ1) is 19.6. The van der Waals surface area contributed by atoms with Gasteiger partial charge in [0.25, 0.3) is 0 Å². The molecule has 0 aliphatic carbocycles. The lowest BCUT2D eigenvalue weighted by Gasteiger charge is -2.44. The quantitative estimate of drug-likeness (QED) is 0.747. The predicted molar refractivity (Wildman–Crippen MR) is 109 cm³/mol. The molecular formula is C23H28O4S. The van der Waals surface area contributed by atoms with E-state index in [-0.39, 0.29) is 12.0 Å². The molecular weight excluding hydrogens is 372 g/mol. The lowest BCUT2D eigenvalue weighted by atomic mass is 9.84. The molecule has 4 nitrogen and oxygen atoms in total. The van der Waals surface area contributed by atoms with E-state index >= 15 is 0 Å². The van der Waals surface area contributed by atoms with E-state index in [1.165, 1.54) is 0 Å². The third-order valence-electron chi connectivity index (χ3n) is 6.82. The number of hydrogen-bond acceptors (Lipinski definition) is 4. The molecule has 4 rings (SSSR count). The van der Waals surface area contributed by atoms with Crippen LogP contribution in [0.2, 0.25) is 0 Å². The predicted octanol–water partition coefficient (Wildman–Crippen LogP) is 4.39. The molecule has 0 aromatic heterocycles. The van der Waals surface area contributed by atoms with Gasteiger partial charge in [-0.05, 0) is 44.4 Å². The highest BCUT2D eigenvalue weighted by atomic mass is 32.2. The maximum Gasteiger partial charge on any atom is 0.186 e. The average molecular weight is 401 g/mol. The summed E-state index contributed by atoms with van der Waals surface area (Å²) < 4.78 is 39.1. The Kier molecular flexibility index (Phi) is 4.89. The van der Waals surface area contributed by atoms with Gasteiger partial charge in [-0.1, -0.05) is 55.5 Å². The second-order valence-corrected chi connectivity index (χ2v) is 10.8. The van der Waals surface area contributed by atoms with Crippen molar-refractivity contribution in [1.29, 1.82) is 0 Å². The van der Waals surface area contributed by atoms with Crippen LogP contribution in [0.4, 0.5) is 0 Å². The number of benzene rings is 2. The summed E-state index contributed by atoms with van der Waals surface area (Å²) in [4.78, 5) is 0.353. The second-order valence-electron chi connectivity index (χ2n) is 8.47. The van der Waals surface area contributed by atoms with Crippen molar-refractivity contribution in [2.24, 2.45) is 5.92 Å². The van der Waals surface area contributed by atoms with Crippen LogP contribution in [0, 0.1) is 5.92 Å². The van der Waals surface area contributed by atoms with Gasteiger partial charge in [0.2, 0.25) is 0 Å². The average Bonchev–Trinajstić information content (AvgIpc) is 2.95. The highest BCUT2D eigenvalue weighted by Crippen LogP contribution is 2.54. The van der Waals surface area contributed by atoms with Crippen LogP contribution in [0.3, 0.4) is 0 Å². The number of rotatable bonds is 5. The molecule has 2 heterocycles. The van der Waals surface area contributed by atoms with Gasteiger partial charge in [-0.15, -0.1) is 0 Å². The molecule has 5 atom stereocenters. The number of hydrogen-bond donors (Lipinski definition) is 0. The second kappa shape index (κ2) is 6.97. The number of sulfone groups is 1. The molecule has 2 fully saturated rings. The molecule has 0 spiro atoms. The first-order valence-electron chi connectivity index (χ1n) is 9.92. The fraction of sp³-hybridized carbons (Fsp3) is 0.478. The van der Waals surface area contributed by atoms with E-state index in [1.54, 1.807) is 24.3 Å². The van der Waals surface area contributed by atoms with E-state index in [1.807, 2.05) is 57.2 Å². The number of fused-ring (bicyclic) bond motifs is 2. The van der Waals surface area contributed by atoms with Gasteiger partial charge >= 0.3 is 0 Å². The topological polar surface area (TPSA) is 52.6 Å². The first-order valence-corrected chi connectivity index (χ1v) is 11.4. The zero-order chi connectivity index (χ0) is 20.0. The van der Waals surface area contributed by atoms with Gasteiger partial charge in [-0.3, -0.25) is 0 Å². The van der Waals surface area contributed by atoms with Crippen molar-refractivity contribution in [2.45, 2.75) is 67.7 Å². The monoisotopic (exact) mass is 400 g/mol. The Morgan fingerprint density at radius 3 is 2.29 bits per heavy atom. The molecule has 5 heteroatoms. The van der Waals surface area contributed by atoms with Crippen molar-refractivity contribution in [3.8, 4) is 0 Å². The van der Waals surface area contributed by atoms with E-state index in [0.717, 1.165) is 18.4 Å². The molecule has 2 bridgehead atoms. The number of ether oxygens (including phenoxy) is 2. The Morgan fingerprint density at radius 2 is 1.64 bits per heavy atom. The fourth-order valence-corrected chi connectivity index (χ4v) is 7.12. The van der Waals surface area contributed by atoms with Gasteiger partial charge in [0, 0.05) is 5.92 Å². The molecule has 150 valence electrons. The molecule has 2 aliphatic rings. The lowest BCUT2D eigenvalue weighted by Crippen LogP contribution is -2.58. The summed E-state index contributed by atoms with van der Waals surface area (Å²) >= 11 is 0. The largest absolute Gasteiger partial charge is 0.370 e. The van der Waals surface area contributed by atoms with Crippen LogP contribution in [0.1, 0.15) is 39.2 Å². The fourth-order valence-electron chi connectivity index (χ4n) is 4.87. The van der Waals surface area contributed by atoms with Gasteiger partial charge in [0.1, 0.15) is 10.9 Å². The van der Waals surface area contributed by atoms with Crippen molar-refractivity contribution in [3.63, 3.8) is 0 Å². The Hall–Kier alpha value is -1.69. The van der Waals surface area contributed by atoms with Crippen LogP contribution in [0.25, 0.3) is 0 Å². The third-order valence-corrected chi connectivity index (χ3v) is 9.45. The molecule has 2 aromatic carbocycles. The van der Waals surface area contributed by atoms with Crippen LogP contribution in [-0.2, 0) is 25.9 Å². The lowest BCUT2D eigenvalue weighted by molar-refractivity contribution is -0.176. The van der Waals surface area contributed by atoms with Gasteiger partial charge < -0.3 is 9.47 Å². The molecule has 28 heavy (non-hydrogen) atoms. The van der Waals surface area contributed by atoms with E-state index in [9.17, 15) is 8.42 Å². The Morgan fingerprint density at radius 1 is 1.04 bits per heavy atom. The van der Waals surface area contributed by atoms with Crippen LogP contribution < -0.4 is 0 Å². The van der Waals surface area contributed by atoms with Crippen molar-refractivity contribution in [1.82, 2.24) is 0 Å². The normalized spacial score (nSPS) is 35.0. The van der Waals surface area contributed by atoms with Crippen molar-refractivity contribution < 1.29 is 17.9 Å². The summed E-state index contributed by atoms with van der Waals surface area (Å²) in [6, 6.07) is 18.7. The van der Waals surface area contributed by atoms with Crippen LogP contribution in [0.5, 0.6) is 0 Å². The minimum absolute atomic E-state index is 0.0538. The van der Waals surface area contributed by atoms with Crippen molar-refractivity contribution in [2.75, 3.05) is 0 Å². The van der Waals surface area contributed by atoms with E-state index < -0.39 is 26.3 Å². The summed E-state index contributed by atoms with van der Waals surface area (Å²) in [5.41, 5.74) is 0.415. The Balaban J connectivity index is 1.69. The van der Waals surface area contributed by atoms with Gasteiger partial charge in [-0.2, -0.15) is 0 Å². The summed E-state index contributed by atoms with van der Waals surface area (Å²) in [6.45, 7) is 6.31. The summed E-state index contributed by atoms with van der Waals surface area (Å²) in [5, 5.41) is 0. The third kappa shape index (κ3) is 2.92. The van der Waals surface area contributed by atoms with Gasteiger partial charge in [-0.25, -0.2) is 8.42 Å². The maximum atomic E-state index is 13.7. The summed E-state index contributed by atoms with van der Waals surface area (Å²) in [6.07, 6.45) is 1.03. The smallest absolute Gasteiger partial charge is 0.186 e. The standard InChI is InChI=1S/C23H28O4S/c1-17-20-14-15-22(2,26-16-18-10-6-4-7-11-18)21(27-20)23(17,3)28(24,25)19-12-8-5-9-13-19/h4-13,17,20-21H,14-16H2,1-3H3/t17-,20-,21+,22-,23-/m0/s1. The molecule has 0 N–H and O–H groups in total.